The molecule has 1 heterocycles. The van der Waals surface area contributed by atoms with E-state index >= 15 is 0 Å². The first-order valence-corrected chi connectivity index (χ1v) is 5.13. The van der Waals surface area contributed by atoms with E-state index in [9.17, 15) is 0 Å². The van der Waals surface area contributed by atoms with Gasteiger partial charge in [0.1, 0.15) is 0 Å². The largest absolute Gasteiger partial charge is 0.324 e. The topological polar surface area (TPSA) is 8.17 Å². The second kappa shape index (κ2) is 4.32. The van der Waals surface area contributed by atoms with E-state index in [1.807, 2.05) is 12.1 Å². The van der Waals surface area contributed by atoms with Crippen LogP contribution in [0.25, 0.3) is 5.69 Å². The number of hydrogen-bond acceptors (Lipinski definition) is 1. The third-order valence-corrected chi connectivity index (χ3v) is 2.31. The van der Waals surface area contributed by atoms with E-state index in [1.165, 1.54) is 11.3 Å². The second-order valence-electron chi connectivity index (χ2n) is 4.00. The van der Waals surface area contributed by atoms with Crippen LogP contribution in [0.5, 0.6) is 0 Å². The fourth-order valence-electron chi connectivity index (χ4n) is 1.69. The van der Waals surface area contributed by atoms with Gasteiger partial charge in [-0.2, -0.15) is 0 Å². The van der Waals surface area contributed by atoms with Crippen LogP contribution in [-0.2, 0) is 6.54 Å². The zero-order chi connectivity index (χ0) is 10.7. The van der Waals surface area contributed by atoms with Crippen molar-refractivity contribution in [3.63, 3.8) is 0 Å². The van der Waals surface area contributed by atoms with Crippen LogP contribution in [0.15, 0.2) is 48.8 Å². The molecular weight excluding hydrogens is 184 g/mol. The first-order valence-electron chi connectivity index (χ1n) is 5.13. The normalized spacial score (nSPS) is 10.9. The van der Waals surface area contributed by atoms with Crippen molar-refractivity contribution in [1.82, 2.24) is 9.47 Å². The summed E-state index contributed by atoms with van der Waals surface area (Å²) in [6, 6.07) is 12.7. The predicted octanol–water partition coefficient (Wildman–Crippen LogP) is 2.54. The Morgan fingerprint density at radius 3 is 2.47 bits per heavy atom. The SMILES string of the molecule is CN(C)Cc1cccc(-n2cccc2)c1. The highest BCUT2D eigenvalue weighted by Gasteiger charge is 1.98. The lowest BCUT2D eigenvalue weighted by molar-refractivity contribution is 0.402. The van der Waals surface area contributed by atoms with Gasteiger partial charge in [0.25, 0.3) is 0 Å². The molecule has 1 aromatic carbocycles. The van der Waals surface area contributed by atoms with Crippen molar-refractivity contribution < 1.29 is 0 Å². The fraction of sp³-hybridized carbons (Fsp3) is 0.231. The lowest BCUT2D eigenvalue weighted by Crippen LogP contribution is -2.10. The van der Waals surface area contributed by atoms with Gasteiger partial charge in [-0.25, -0.2) is 0 Å². The monoisotopic (exact) mass is 200 g/mol. The van der Waals surface area contributed by atoms with E-state index in [-0.39, 0.29) is 0 Å². The molecule has 0 aliphatic carbocycles. The highest BCUT2D eigenvalue weighted by Crippen LogP contribution is 2.11. The number of aromatic nitrogens is 1. The molecule has 0 amide bonds. The summed E-state index contributed by atoms with van der Waals surface area (Å²) in [5.74, 6) is 0. The Kier molecular flexibility index (Phi) is 2.88. The molecule has 2 nitrogen and oxygen atoms in total. The molecule has 15 heavy (non-hydrogen) atoms. The summed E-state index contributed by atoms with van der Waals surface area (Å²) in [4.78, 5) is 2.18. The molecule has 78 valence electrons. The Morgan fingerprint density at radius 1 is 1.07 bits per heavy atom. The molecule has 2 rings (SSSR count). The molecule has 0 saturated carbocycles. The Hall–Kier alpha value is -1.54. The zero-order valence-electron chi connectivity index (χ0n) is 9.22. The number of rotatable bonds is 3. The summed E-state index contributed by atoms with van der Waals surface area (Å²) in [7, 11) is 4.17. The van der Waals surface area contributed by atoms with Crippen molar-refractivity contribution >= 4 is 0 Å². The van der Waals surface area contributed by atoms with E-state index in [0.717, 1.165) is 6.54 Å². The maximum atomic E-state index is 2.22. The number of hydrogen-bond donors (Lipinski definition) is 0. The van der Waals surface area contributed by atoms with Gasteiger partial charge in [0.15, 0.2) is 0 Å². The van der Waals surface area contributed by atoms with Crippen LogP contribution in [-0.4, -0.2) is 23.6 Å². The van der Waals surface area contributed by atoms with Crippen molar-refractivity contribution in [3.8, 4) is 5.69 Å². The van der Waals surface area contributed by atoms with E-state index < -0.39 is 0 Å². The highest BCUT2D eigenvalue weighted by atomic mass is 15.0. The molecule has 0 fully saturated rings. The quantitative estimate of drug-likeness (QED) is 0.739. The molecule has 0 spiro atoms. The first-order chi connectivity index (χ1) is 7.25. The number of nitrogens with zero attached hydrogens (tertiary/aromatic N) is 2. The van der Waals surface area contributed by atoms with E-state index in [0.29, 0.717) is 0 Å². The minimum Gasteiger partial charge on any atom is -0.324 e. The molecule has 0 aliphatic rings. The maximum Gasteiger partial charge on any atom is 0.0452 e. The fourth-order valence-corrected chi connectivity index (χ4v) is 1.69. The summed E-state index contributed by atoms with van der Waals surface area (Å²) < 4.78 is 2.12. The van der Waals surface area contributed by atoms with Crippen LogP contribution in [0.3, 0.4) is 0 Å². The standard InChI is InChI=1S/C13H16N2/c1-14(2)11-12-6-5-7-13(10-12)15-8-3-4-9-15/h3-10H,11H2,1-2H3. The molecule has 0 bridgehead atoms. The van der Waals surface area contributed by atoms with E-state index in [4.69, 9.17) is 0 Å². The summed E-state index contributed by atoms with van der Waals surface area (Å²) in [6.45, 7) is 0.981. The van der Waals surface area contributed by atoms with Crippen LogP contribution in [0, 0.1) is 0 Å². The van der Waals surface area contributed by atoms with Gasteiger partial charge in [0.2, 0.25) is 0 Å². The van der Waals surface area contributed by atoms with Gasteiger partial charge in [-0.1, -0.05) is 12.1 Å². The van der Waals surface area contributed by atoms with Crippen molar-refractivity contribution in [2.45, 2.75) is 6.54 Å². The maximum absolute atomic E-state index is 2.22. The Labute approximate surface area is 90.8 Å². The summed E-state index contributed by atoms with van der Waals surface area (Å²) >= 11 is 0. The minimum absolute atomic E-state index is 0.981. The van der Waals surface area contributed by atoms with Gasteiger partial charge in [0.05, 0.1) is 0 Å². The Bertz CT molecular complexity index is 416. The van der Waals surface area contributed by atoms with Gasteiger partial charge in [-0.3, -0.25) is 0 Å². The van der Waals surface area contributed by atoms with Crippen molar-refractivity contribution in [2.24, 2.45) is 0 Å². The van der Waals surface area contributed by atoms with Gasteiger partial charge >= 0.3 is 0 Å². The molecule has 2 aromatic rings. The van der Waals surface area contributed by atoms with Crippen molar-refractivity contribution in [2.75, 3.05) is 14.1 Å². The molecule has 2 heteroatoms. The molecule has 0 atom stereocenters. The van der Waals surface area contributed by atoms with Crippen molar-refractivity contribution in [3.05, 3.63) is 54.4 Å². The van der Waals surface area contributed by atoms with Gasteiger partial charge < -0.3 is 9.47 Å². The van der Waals surface area contributed by atoms with Gasteiger partial charge in [-0.05, 0) is 43.9 Å². The molecule has 0 N–H and O–H groups in total. The summed E-state index contributed by atoms with van der Waals surface area (Å²) in [5.41, 5.74) is 2.56. The number of benzene rings is 1. The van der Waals surface area contributed by atoms with Crippen LogP contribution < -0.4 is 0 Å². The third-order valence-electron chi connectivity index (χ3n) is 2.31. The highest BCUT2D eigenvalue weighted by molar-refractivity contribution is 5.36. The molecule has 0 radical (unpaired) electrons. The molecular formula is C13H16N2. The smallest absolute Gasteiger partial charge is 0.0452 e. The molecule has 0 unspecified atom stereocenters. The lowest BCUT2D eigenvalue weighted by Gasteiger charge is -2.11. The van der Waals surface area contributed by atoms with E-state index in [2.05, 4.69) is 60.2 Å². The average molecular weight is 200 g/mol. The van der Waals surface area contributed by atoms with Gasteiger partial charge in [-0.15, -0.1) is 0 Å². The van der Waals surface area contributed by atoms with Gasteiger partial charge in [0, 0.05) is 24.6 Å². The van der Waals surface area contributed by atoms with Crippen LogP contribution in [0.4, 0.5) is 0 Å². The average Bonchev–Trinajstić information content (AvgIpc) is 2.69. The predicted molar refractivity (Wildman–Crippen MR) is 63.2 cm³/mol. The first kappa shape index (κ1) is 9.99. The minimum atomic E-state index is 0.981. The molecule has 1 aromatic heterocycles. The summed E-state index contributed by atoms with van der Waals surface area (Å²) in [6.07, 6.45) is 4.13. The molecule has 0 aliphatic heterocycles. The summed E-state index contributed by atoms with van der Waals surface area (Å²) in [5, 5.41) is 0. The van der Waals surface area contributed by atoms with Crippen molar-refractivity contribution in [1.29, 1.82) is 0 Å². The third kappa shape index (κ3) is 2.48. The van der Waals surface area contributed by atoms with Crippen LogP contribution in [0.2, 0.25) is 0 Å². The van der Waals surface area contributed by atoms with Crippen LogP contribution >= 0.6 is 0 Å². The van der Waals surface area contributed by atoms with Crippen LogP contribution in [0.1, 0.15) is 5.56 Å². The second-order valence-corrected chi connectivity index (χ2v) is 4.00. The lowest BCUT2D eigenvalue weighted by atomic mass is 10.2. The Morgan fingerprint density at radius 2 is 1.80 bits per heavy atom. The van der Waals surface area contributed by atoms with E-state index in [1.54, 1.807) is 0 Å². The Balaban J connectivity index is 2.27. The molecule has 0 saturated heterocycles. The zero-order valence-corrected chi connectivity index (χ0v) is 9.22.